The number of hydrogen-bond donors (Lipinski definition) is 1. The van der Waals surface area contributed by atoms with Crippen molar-refractivity contribution in [2.45, 2.75) is 57.1 Å². The minimum atomic E-state index is -4.18. The molecule has 0 saturated heterocycles. The van der Waals surface area contributed by atoms with E-state index < -0.39 is 28.5 Å². The van der Waals surface area contributed by atoms with Crippen molar-refractivity contribution in [3.8, 4) is 0 Å². The second kappa shape index (κ2) is 15.0. The van der Waals surface area contributed by atoms with E-state index in [1.54, 1.807) is 30.3 Å². The summed E-state index contributed by atoms with van der Waals surface area (Å²) in [6.07, 6.45) is 0.979. The predicted octanol–water partition coefficient (Wildman–Crippen LogP) is 6.40. The maximum atomic E-state index is 14.4. The number of sulfonamides is 1. The fourth-order valence-electron chi connectivity index (χ4n) is 4.74. The van der Waals surface area contributed by atoms with Crippen molar-refractivity contribution < 1.29 is 18.0 Å². The smallest absolute Gasteiger partial charge is 0.264 e. The standard InChI is InChI=1S/C35H38ClN3O4S/c1-4-27(3)37-35(41)33(23-28-11-7-5-8-12-28)38(24-29-17-15-26(2)16-18-29)34(40)25-39(31-13-9-6-10-14-31)44(42,43)32-21-19-30(36)20-22-32/h5-22,27,33H,4,23-25H2,1-3H3,(H,37,41)/t27-,33-/m1/s1. The number of benzene rings is 4. The molecule has 7 nitrogen and oxygen atoms in total. The third-order valence-corrected chi connectivity index (χ3v) is 9.51. The first-order chi connectivity index (χ1) is 21.1. The Kier molecular flexibility index (Phi) is 11.2. The molecule has 4 rings (SSSR count). The monoisotopic (exact) mass is 631 g/mol. The Morgan fingerprint density at radius 1 is 0.818 bits per heavy atom. The molecule has 0 aliphatic heterocycles. The second-order valence-corrected chi connectivity index (χ2v) is 13.1. The quantitative estimate of drug-likeness (QED) is 0.185. The van der Waals surface area contributed by atoms with Crippen LogP contribution in [0.25, 0.3) is 0 Å². The van der Waals surface area contributed by atoms with Crippen LogP contribution in [0.2, 0.25) is 5.02 Å². The summed E-state index contributed by atoms with van der Waals surface area (Å²) in [5, 5.41) is 3.44. The van der Waals surface area contributed by atoms with Gasteiger partial charge in [0.25, 0.3) is 10.0 Å². The van der Waals surface area contributed by atoms with E-state index in [9.17, 15) is 18.0 Å². The molecule has 0 aliphatic carbocycles. The van der Waals surface area contributed by atoms with Crippen LogP contribution < -0.4 is 9.62 Å². The van der Waals surface area contributed by atoms with Gasteiger partial charge in [-0.2, -0.15) is 0 Å². The van der Waals surface area contributed by atoms with E-state index in [4.69, 9.17) is 11.6 Å². The number of nitrogens with zero attached hydrogens (tertiary/aromatic N) is 2. The zero-order chi connectivity index (χ0) is 31.7. The van der Waals surface area contributed by atoms with E-state index in [0.29, 0.717) is 10.7 Å². The molecule has 2 amide bonds. The number of carbonyl (C=O) groups is 2. The van der Waals surface area contributed by atoms with Crippen LogP contribution >= 0.6 is 11.6 Å². The molecule has 0 aromatic heterocycles. The van der Waals surface area contributed by atoms with Crippen LogP contribution in [0.5, 0.6) is 0 Å². The third kappa shape index (κ3) is 8.49. The highest BCUT2D eigenvalue weighted by atomic mass is 35.5. The van der Waals surface area contributed by atoms with E-state index in [2.05, 4.69) is 5.32 Å². The van der Waals surface area contributed by atoms with Crippen LogP contribution in [0.3, 0.4) is 0 Å². The lowest BCUT2D eigenvalue weighted by atomic mass is 10.0. The van der Waals surface area contributed by atoms with Crippen molar-refractivity contribution in [3.63, 3.8) is 0 Å². The van der Waals surface area contributed by atoms with Gasteiger partial charge in [-0.1, -0.05) is 96.9 Å². The Morgan fingerprint density at radius 3 is 2.00 bits per heavy atom. The van der Waals surface area contributed by atoms with Crippen LogP contribution in [-0.4, -0.2) is 43.8 Å². The highest BCUT2D eigenvalue weighted by Gasteiger charge is 2.35. The number of nitrogens with one attached hydrogen (secondary N) is 1. The predicted molar refractivity (Wildman–Crippen MR) is 176 cm³/mol. The number of hydrogen-bond acceptors (Lipinski definition) is 4. The first kappa shape index (κ1) is 32.8. The highest BCUT2D eigenvalue weighted by Crippen LogP contribution is 2.26. The average molecular weight is 632 g/mol. The van der Waals surface area contributed by atoms with Crippen LogP contribution in [0.4, 0.5) is 5.69 Å². The van der Waals surface area contributed by atoms with Gasteiger partial charge < -0.3 is 10.2 Å². The van der Waals surface area contributed by atoms with Crippen molar-refractivity contribution in [2.24, 2.45) is 0 Å². The van der Waals surface area contributed by atoms with Crippen LogP contribution in [0.1, 0.15) is 37.0 Å². The van der Waals surface area contributed by atoms with Gasteiger partial charge >= 0.3 is 0 Å². The number of amides is 2. The first-order valence-corrected chi connectivity index (χ1v) is 16.4. The molecule has 44 heavy (non-hydrogen) atoms. The number of para-hydroxylation sites is 1. The lowest BCUT2D eigenvalue weighted by Crippen LogP contribution is -2.54. The van der Waals surface area contributed by atoms with Gasteiger partial charge in [0.05, 0.1) is 10.6 Å². The summed E-state index contributed by atoms with van der Waals surface area (Å²) in [6.45, 7) is 5.48. The molecule has 9 heteroatoms. The molecule has 0 spiro atoms. The van der Waals surface area contributed by atoms with Gasteiger partial charge in [-0.3, -0.25) is 13.9 Å². The van der Waals surface area contributed by atoms with Crippen molar-refractivity contribution in [3.05, 3.63) is 131 Å². The Morgan fingerprint density at radius 2 is 1.41 bits per heavy atom. The van der Waals surface area contributed by atoms with E-state index in [1.807, 2.05) is 75.4 Å². The summed E-state index contributed by atoms with van der Waals surface area (Å²) >= 11 is 6.04. The molecule has 4 aromatic carbocycles. The van der Waals surface area contributed by atoms with Gasteiger partial charge in [0.1, 0.15) is 12.6 Å². The Labute approximate surface area is 265 Å². The molecule has 4 aromatic rings. The number of halogens is 1. The molecular formula is C35H38ClN3O4S. The maximum Gasteiger partial charge on any atom is 0.264 e. The van der Waals surface area contributed by atoms with Crippen molar-refractivity contribution in [1.29, 1.82) is 0 Å². The lowest BCUT2D eigenvalue weighted by Gasteiger charge is -2.34. The SMILES string of the molecule is CC[C@@H](C)NC(=O)[C@@H](Cc1ccccc1)N(Cc1ccc(C)cc1)C(=O)CN(c1ccccc1)S(=O)(=O)c1ccc(Cl)cc1. The van der Waals surface area contributed by atoms with E-state index >= 15 is 0 Å². The van der Waals surface area contributed by atoms with Crippen LogP contribution in [0, 0.1) is 6.92 Å². The zero-order valence-corrected chi connectivity index (χ0v) is 26.8. The van der Waals surface area contributed by atoms with Gasteiger partial charge in [-0.05, 0) is 67.8 Å². The summed E-state index contributed by atoms with van der Waals surface area (Å²) in [5.74, 6) is -0.803. The van der Waals surface area contributed by atoms with Crippen LogP contribution in [-0.2, 0) is 32.6 Å². The number of rotatable bonds is 13. The second-order valence-electron chi connectivity index (χ2n) is 10.8. The third-order valence-electron chi connectivity index (χ3n) is 7.47. The fraction of sp³-hybridized carbons (Fsp3) is 0.257. The fourth-order valence-corrected chi connectivity index (χ4v) is 6.28. The topological polar surface area (TPSA) is 86.8 Å². The molecule has 0 bridgehead atoms. The molecule has 0 radical (unpaired) electrons. The van der Waals surface area contributed by atoms with Gasteiger partial charge in [0.2, 0.25) is 11.8 Å². The molecule has 1 N–H and O–H groups in total. The molecule has 0 unspecified atom stereocenters. The summed E-state index contributed by atoms with van der Waals surface area (Å²) in [7, 11) is -4.18. The Balaban J connectivity index is 1.78. The maximum absolute atomic E-state index is 14.4. The minimum absolute atomic E-state index is 0.000938. The van der Waals surface area contributed by atoms with Crippen molar-refractivity contribution >= 4 is 39.1 Å². The largest absolute Gasteiger partial charge is 0.352 e. The van der Waals surface area contributed by atoms with Crippen LogP contribution in [0.15, 0.2) is 114 Å². The summed E-state index contributed by atoms with van der Waals surface area (Å²) in [6, 6.07) is 30.6. The van der Waals surface area contributed by atoms with E-state index in [-0.39, 0.29) is 29.8 Å². The molecule has 2 atom stereocenters. The minimum Gasteiger partial charge on any atom is -0.352 e. The van der Waals surface area contributed by atoms with E-state index in [0.717, 1.165) is 27.4 Å². The molecule has 230 valence electrons. The zero-order valence-electron chi connectivity index (χ0n) is 25.2. The van der Waals surface area contributed by atoms with Gasteiger partial charge in [0.15, 0.2) is 0 Å². The number of carbonyl (C=O) groups excluding carboxylic acids is 2. The van der Waals surface area contributed by atoms with Gasteiger partial charge in [-0.25, -0.2) is 8.42 Å². The summed E-state index contributed by atoms with van der Waals surface area (Å²) < 4.78 is 29.1. The van der Waals surface area contributed by atoms with Gasteiger partial charge in [0, 0.05) is 24.0 Å². The first-order valence-electron chi connectivity index (χ1n) is 14.6. The Bertz CT molecular complexity index is 1630. The molecule has 0 fully saturated rings. The lowest BCUT2D eigenvalue weighted by molar-refractivity contribution is -0.140. The van der Waals surface area contributed by atoms with Crippen molar-refractivity contribution in [1.82, 2.24) is 10.2 Å². The number of anilines is 1. The normalized spacial score (nSPS) is 12.6. The molecule has 0 saturated carbocycles. The highest BCUT2D eigenvalue weighted by molar-refractivity contribution is 7.92. The van der Waals surface area contributed by atoms with Gasteiger partial charge in [-0.15, -0.1) is 0 Å². The number of aryl methyl sites for hydroxylation is 1. The summed E-state index contributed by atoms with van der Waals surface area (Å²) in [4.78, 5) is 29.8. The van der Waals surface area contributed by atoms with E-state index in [1.165, 1.54) is 29.2 Å². The molecular weight excluding hydrogens is 594 g/mol. The van der Waals surface area contributed by atoms with Crippen molar-refractivity contribution in [2.75, 3.05) is 10.8 Å². The summed E-state index contributed by atoms with van der Waals surface area (Å²) in [5.41, 5.74) is 3.10. The Hall–Kier alpha value is -4.14. The molecule has 0 aliphatic rings. The average Bonchev–Trinajstić information content (AvgIpc) is 3.03. The molecule has 0 heterocycles.